The molecule has 0 aliphatic rings. The number of amides is 1. The van der Waals surface area contributed by atoms with Gasteiger partial charge in [0, 0.05) is 6.42 Å². The Morgan fingerprint density at radius 1 is 0.371 bits per heavy atom. The van der Waals surface area contributed by atoms with Gasteiger partial charge < -0.3 is 19.8 Å². The van der Waals surface area contributed by atoms with Gasteiger partial charge in [0.1, 0.15) is 13.2 Å². The monoisotopic (exact) mass is 1270 g/mol. The van der Waals surface area contributed by atoms with Gasteiger partial charge in [-0.1, -0.05) is 403 Å². The van der Waals surface area contributed by atoms with Crippen molar-refractivity contribution in [1.82, 2.24) is 5.32 Å². The second-order valence-corrected chi connectivity index (χ2v) is 30.2. The lowest BCUT2D eigenvalue weighted by molar-refractivity contribution is -0.870. The molecule has 0 aliphatic carbocycles. The number of aliphatic hydroxyl groups is 1. The van der Waals surface area contributed by atoms with Crippen LogP contribution in [0.3, 0.4) is 0 Å². The normalized spacial score (nSPS) is 13.7. The molecule has 0 fully saturated rings. The molecule has 0 saturated carbocycles. The van der Waals surface area contributed by atoms with Gasteiger partial charge in [-0.25, -0.2) is 4.57 Å². The number of carbonyl (C=O) groups is 1. The van der Waals surface area contributed by atoms with Crippen LogP contribution in [0.2, 0.25) is 0 Å². The van der Waals surface area contributed by atoms with Gasteiger partial charge in [-0.2, -0.15) is 0 Å². The van der Waals surface area contributed by atoms with Crippen molar-refractivity contribution in [3.63, 3.8) is 0 Å². The molecule has 528 valence electrons. The average molecular weight is 1280 g/mol. The molecule has 3 atom stereocenters. The van der Waals surface area contributed by atoms with E-state index >= 15 is 0 Å². The van der Waals surface area contributed by atoms with Crippen LogP contribution < -0.4 is 5.32 Å². The van der Waals surface area contributed by atoms with Crippen molar-refractivity contribution in [3.05, 3.63) is 36.5 Å². The molecule has 0 aromatic heterocycles. The summed E-state index contributed by atoms with van der Waals surface area (Å²) in [5.41, 5.74) is 0. The smallest absolute Gasteiger partial charge is 0.387 e. The predicted octanol–water partition coefficient (Wildman–Crippen LogP) is 26.0. The Hall–Kier alpha value is -1.28. The molecule has 0 aliphatic heterocycles. The molecule has 1 amide bonds. The maximum absolute atomic E-state index is 13.1. The molecule has 89 heavy (non-hydrogen) atoms. The zero-order valence-corrected chi connectivity index (χ0v) is 61.6. The van der Waals surface area contributed by atoms with Crippen LogP contribution >= 0.6 is 7.82 Å². The molecule has 0 bridgehead atoms. The number of aliphatic hydroxyl groups excluding tert-OH is 1. The number of phosphoric ester groups is 1. The quantitative estimate of drug-likeness (QED) is 0.0243. The zero-order valence-electron chi connectivity index (χ0n) is 60.7. The Kier molecular flexibility index (Phi) is 70.0. The maximum Gasteiger partial charge on any atom is 0.472 e. The highest BCUT2D eigenvalue weighted by molar-refractivity contribution is 7.47. The van der Waals surface area contributed by atoms with Crippen LogP contribution in [0.1, 0.15) is 418 Å². The number of quaternary nitrogens is 1. The molecular formula is C80H158N2O6P+. The number of nitrogens with zero attached hydrogens (tertiary/aromatic N) is 1. The first-order chi connectivity index (χ1) is 43.5. The molecule has 0 spiro atoms. The number of nitrogens with one attached hydrogen (secondary N) is 1. The molecule has 0 rings (SSSR count). The molecule has 0 radical (unpaired) electrons. The van der Waals surface area contributed by atoms with Crippen molar-refractivity contribution >= 4 is 13.7 Å². The Morgan fingerprint density at radius 3 is 0.899 bits per heavy atom. The Morgan fingerprint density at radius 2 is 0.618 bits per heavy atom. The van der Waals surface area contributed by atoms with Crippen LogP contribution in [-0.2, 0) is 18.4 Å². The number of phosphoric acid groups is 1. The Bertz CT molecular complexity index is 1550. The Labute approximate surface area is 557 Å². The molecule has 3 unspecified atom stereocenters. The first kappa shape index (κ1) is 87.7. The fraction of sp³-hybridized carbons (Fsp3) is 0.912. The summed E-state index contributed by atoms with van der Waals surface area (Å²) in [5, 5.41) is 14.0. The van der Waals surface area contributed by atoms with Gasteiger partial charge in [0.15, 0.2) is 0 Å². The van der Waals surface area contributed by atoms with E-state index in [0.717, 1.165) is 44.9 Å². The molecule has 0 aromatic carbocycles. The highest BCUT2D eigenvalue weighted by Crippen LogP contribution is 2.43. The standard InChI is InChI=1S/C80H157N2O6P/c1-6-8-10-12-14-16-18-20-22-24-26-28-30-32-34-36-37-38-39-40-41-42-43-44-45-46-48-50-52-54-56-58-60-62-64-66-68-70-72-74-80(84)81-78(77-88-89(85,86)87-76-75-82(3,4)5)79(83)73-71-69-67-65-63-61-59-57-55-53-51-49-47-35-33-31-29-27-25-23-21-19-17-15-13-11-9-7-2/h55,57,63,65,71,73,78-79,83H,6-54,56,58-62,64,66-70,72,74-77H2,1-5H3,(H-,81,84,85,86)/p+1/b57-55+,65-63+,73-71+. The molecule has 3 N–H and O–H groups in total. The van der Waals surface area contributed by atoms with E-state index in [0.29, 0.717) is 17.4 Å². The Balaban J connectivity index is 3.96. The number of allylic oxidation sites excluding steroid dienone is 5. The lowest BCUT2D eigenvalue weighted by atomic mass is 10.0. The van der Waals surface area contributed by atoms with Gasteiger partial charge in [-0.3, -0.25) is 13.8 Å². The number of carbonyl (C=O) groups excluding carboxylic acids is 1. The SMILES string of the molecule is CCCCCCCCCCCCCCCCCCCC/C=C/CC/C=C/CC/C=C/C(O)C(COP(=O)(O)OCC[N+](C)(C)C)NC(=O)CCCCCCCCCCCCCCCCCCCCCCCCCCCCCCCCCCCCCCCCC. The summed E-state index contributed by atoms with van der Waals surface area (Å²) in [7, 11) is 1.57. The topological polar surface area (TPSA) is 105 Å². The van der Waals surface area contributed by atoms with Crippen LogP contribution in [0, 0.1) is 0 Å². The van der Waals surface area contributed by atoms with E-state index in [1.165, 1.54) is 353 Å². The lowest BCUT2D eigenvalue weighted by Gasteiger charge is -2.25. The van der Waals surface area contributed by atoms with E-state index in [9.17, 15) is 19.4 Å². The van der Waals surface area contributed by atoms with Crippen LogP contribution in [-0.4, -0.2) is 73.4 Å². The highest BCUT2D eigenvalue weighted by atomic mass is 31.2. The van der Waals surface area contributed by atoms with Crippen molar-refractivity contribution < 1.29 is 32.9 Å². The second-order valence-electron chi connectivity index (χ2n) is 28.8. The molecule has 9 heteroatoms. The third kappa shape index (κ3) is 74.0. The van der Waals surface area contributed by atoms with Gasteiger partial charge in [0.2, 0.25) is 5.91 Å². The summed E-state index contributed by atoms with van der Waals surface area (Å²) < 4.78 is 23.8. The minimum absolute atomic E-state index is 0.0555. The predicted molar refractivity (Wildman–Crippen MR) is 392 cm³/mol. The minimum Gasteiger partial charge on any atom is -0.387 e. The lowest BCUT2D eigenvalue weighted by Crippen LogP contribution is -2.45. The van der Waals surface area contributed by atoms with Gasteiger partial charge in [-0.05, 0) is 44.9 Å². The highest BCUT2D eigenvalue weighted by Gasteiger charge is 2.28. The first-order valence-corrected chi connectivity index (χ1v) is 41.4. The fourth-order valence-corrected chi connectivity index (χ4v) is 13.2. The number of rotatable bonds is 75. The van der Waals surface area contributed by atoms with Crippen molar-refractivity contribution in [2.45, 2.75) is 431 Å². The number of likely N-dealkylation sites (N-methyl/N-ethyl adjacent to an activating group) is 1. The summed E-state index contributed by atoms with van der Waals surface area (Å²) in [6.45, 7) is 4.86. The van der Waals surface area contributed by atoms with Crippen LogP contribution in [0.5, 0.6) is 0 Å². The molecule has 0 aromatic rings. The van der Waals surface area contributed by atoms with Crippen molar-refractivity contribution in [2.24, 2.45) is 0 Å². The van der Waals surface area contributed by atoms with Gasteiger partial charge in [0.05, 0.1) is 39.9 Å². The van der Waals surface area contributed by atoms with Crippen LogP contribution in [0.25, 0.3) is 0 Å². The maximum atomic E-state index is 13.1. The zero-order chi connectivity index (χ0) is 64.8. The molecular weight excluding hydrogens is 1120 g/mol. The van der Waals surface area contributed by atoms with E-state index in [2.05, 4.69) is 43.5 Å². The second kappa shape index (κ2) is 71.0. The van der Waals surface area contributed by atoms with Gasteiger partial charge in [0.25, 0.3) is 0 Å². The van der Waals surface area contributed by atoms with E-state index in [-0.39, 0.29) is 19.1 Å². The summed E-state index contributed by atoms with van der Waals surface area (Å²) in [4.78, 5) is 23.5. The number of hydrogen-bond acceptors (Lipinski definition) is 5. The average Bonchev–Trinajstić information content (AvgIpc) is 3.62. The molecule has 0 heterocycles. The first-order valence-electron chi connectivity index (χ1n) is 39.9. The summed E-state index contributed by atoms with van der Waals surface area (Å²) in [5.74, 6) is -0.182. The largest absolute Gasteiger partial charge is 0.472 e. The molecule has 0 saturated heterocycles. The van der Waals surface area contributed by atoms with Gasteiger partial charge >= 0.3 is 7.82 Å². The van der Waals surface area contributed by atoms with Crippen molar-refractivity contribution in [2.75, 3.05) is 40.9 Å². The van der Waals surface area contributed by atoms with Crippen LogP contribution in [0.4, 0.5) is 0 Å². The van der Waals surface area contributed by atoms with Crippen molar-refractivity contribution in [3.8, 4) is 0 Å². The summed E-state index contributed by atoms with van der Waals surface area (Å²) in [6.07, 6.45) is 96.4. The van der Waals surface area contributed by atoms with E-state index < -0.39 is 20.0 Å². The van der Waals surface area contributed by atoms with Gasteiger partial charge in [-0.15, -0.1) is 0 Å². The number of unbranched alkanes of at least 4 members (excludes halogenated alkanes) is 58. The van der Waals surface area contributed by atoms with Crippen LogP contribution in [0.15, 0.2) is 36.5 Å². The van der Waals surface area contributed by atoms with E-state index in [4.69, 9.17) is 9.05 Å². The third-order valence-electron chi connectivity index (χ3n) is 18.6. The van der Waals surface area contributed by atoms with E-state index in [1.807, 2.05) is 27.2 Å². The summed E-state index contributed by atoms with van der Waals surface area (Å²) in [6, 6.07) is -0.870. The molecule has 8 nitrogen and oxygen atoms in total. The minimum atomic E-state index is -4.37. The third-order valence-corrected chi connectivity index (χ3v) is 19.6. The fourth-order valence-electron chi connectivity index (χ4n) is 12.4. The number of hydrogen-bond donors (Lipinski definition) is 3. The summed E-state index contributed by atoms with van der Waals surface area (Å²) >= 11 is 0. The van der Waals surface area contributed by atoms with Crippen molar-refractivity contribution in [1.29, 1.82) is 0 Å². The van der Waals surface area contributed by atoms with E-state index in [1.54, 1.807) is 6.08 Å².